The van der Waals surface area contributed by atoms with Crippen LogP contribution in [0.25, 0.3) is 0 Å². The first-order valence-electron chi connectivity index (χ1n) is 7.16. The van der Waals surface area contributed by atoms with Gasteiger partial charge in [0, 0.05) is 38.6 Å². The van der Waals surface area contributed by atoms with Crippen molar-refractivity contribution in [1.82, 2.24) is 25.4 Å². The number of aromatic nitrogens is 3. The van der Waals surface area contributed by atoms with Crippen molar-refractivity contribution in [2.75, 3.05) is 51.2 Å². The highest BCUT2D eigenvalue weighted by atomic mass is 15.3. The maximum Gasteiger partial charge on any atom is 0.154 e. The van der Waals surface area contributed by atoms with E-state index in [9.17, 15) is 0 Å². The molecule has 2 fully saturated rings. The molecule has 0 radical (unpaired) electrons. The van der Waals surface area contributed by atoms with Gasteiger partial charge in [-0.25, -0.2) is 4.98 Å². The average Bonchev–Trinajstić information content (AvgIpc) is 2.48. The van der Waals surface area contributed by atoms with Crippen LogP contribution >= 0.6 is 0 Å². The van der Waals surface area contributed by atoms with E-state index in [2.05, 4.69) is 37.3 Å². The largest absolute Gasteiger partial charge is 0.352 e. The Morgan fingerprint density at radius 2 is 2.11 bits per heavy atom. The van der Waals surface area contributed by atoms with E-state index < -0.39 is 0 Å². The lowest BCUT2D eigenvalue weighted by atomic mass is 9.94. The third kappa shape index (κ3) is 2.84. The van der Waals surface area contributed by atoms with E-state index in [1.807, 2.05) is 0 Å². The number of likely N-dealkylation sites (N-methyl/N-ethyl adjacent to an activating group) is 1. The third-order valence-electron chi connectivity index (χ3n) is 4.05. The molecule has 6 heteroatoms. The van der Waals surface area contributed by atoms with Gasteiger partial charge in [0.25, 0.3) is 0 Å². The maximum absolute atomic E-state index is 4.51. The minimum absolute atomic E-state index is 0.477. The highest BCUT2D eigenvalue weighted by molar-refractivity contribution is 5.45. The quantitative estimate of drug-likeness (QED) is 0.815. The second-order valence-corrected chi connectivity index (χ2v) is 5.51. The number of piperazine rings is 1. The molecule has 0 bridgehead atoms. The number of hydrogen-bond donors (Lipinski definition) is 1. The Balaban J connectivity index is 1.83. The van der Waals surface area contributed by atoms with Crippen LogP contribution in [0.3, 0.4) is 0 Å². The van der Waals surface area contributed by atoms with E-state index in [1.165, 1.54) is 19.4 Å². The zero-order valence-corrected chi connectivity index (χ0v) is 11.5. The van der Waals surface area contributed by atoms with Crippen LogP contribution in [-0.4, -0.2) is 66.4 Å². The van der Waals surface area contributed by atoms with Crippen molar-refractivity contribution in [2.24, 2.45) is 0 Å². The number of piperidine rings is 1. The second kappa shape index (κ2) is 5.79. The summed E-state index contributed by atoms with van der Waals surface area (Å²) < 4.78 is 0. The minimum atomic E-state index is 0.477. The van der Waals surface area contributed by atoms with Crippen LogP contribution in [0, 0.1) is 0 Å². The fourth-order valence-corrected chi connectivity index (χ4v) is 3.05. The molecule has 0 spiro atoms. The number of rotatable bonds is 2. The van der Waals surface area contributed by atoms with Gasteiger partial charge < -0.3 is 15.1 Å². The number of nitrogens with one attached hydrogen (secondary N) is 1. The van der Waals surface area contributed by atoms with E-state index in [-0.39, 0.29) is 0 Å². The summed E-state index contributed by atoms with van der Waals surface area (Å²) in [6.07, 6.45) is 4.01. The summed E-state index contributed by atoms with van der Waals surface area (Å²) in [6, 6.07) is 0. The molecule has 0 aliphatic carbocycles. The molecule has 0 aromatic carbocycles. The summed E-state index contributed by atoms with van der Waals surface area (Å²) in [4.78, 5) is 9.23. The molecular formula is C13H22N6. The van der Waals surface area contributed by atoms with Crippen LogP contribution in [0.15, 0.2) is 6.33 Å². The van der Waals surface area contributed by atoms with Crippen LogP contribution < -0.4 is 10.2 Å². The van der Waals surface area contributed by atoms with Crippen molar-refractivity contribution < 1.29 is 0 Å². The lowest BCUT2D eigenvalue weighted by Gasteiger charge is -2.33. The monoisotopic (exact) mass is 262 g/mol. The zero-order chi connectivity index (χ0) is 13.1. The van der Waals surface area contributed by atoms with E-state index in [0.717, 1.165) is 44.2 Å². The number of likely N-dealkylation sites (tertiary alicyclic amines) is 1. The van der Waals surface area contributed by atoms with Crippen LogP contribution in [0.2, 0.25) is 0 Å². The first-order valence-corrected chi connectivity index (χ1v) is 7.16. The molecule has 2 aliphatic rings. The van der Waals surface area contributed by atoms with E-state index in [4.69, 9.17) is 0 Å². The van der Waals surface area contributed by atoms with E-state index in [1.54, 1.807) is 6.33 Å². The number of hydrogen-bond acceptors (Lipinski definition) is 6. The lowest BCUT2D eigenvalue weighted by Crippen LogP contribution is -2.45. The SMILES string of the molecule is CN1CCCC(c2nncnc2N2CCNCC2)C1. The number of anilines is 1. The van der Waals surface area contributed by atoms with Crippen molar-refractivity contribution in [1.29, 1.82) is 0 Å². The van der Waals surface area contributed by atoms with Gasteiger partial charge in [0.05, 0.1) is 0 Å². The molecule has 1 N–H and O–H groups in total. The second-order valence-electron chi connectivity index (χ2n) is 5.51. The van der Waals surface area contributed by atoms with Crippen molar-refractivity contribution in [3.05, 3.63) is 12.0 Å². The summed E-state index contributed by atoms with van der Waals surface area (Å²) in [7, 11) is 2.18. The van der Waals surface area contributed by atoms with Gasteiger partial charge in [0.15, 0.2) is 5.82 Å². The molecule has 0 saturated carbocycles. The molecule has 104 valence electrons. The average molecular weight is 262 g/mol. The van der Waals surface area contributed by atoms with Crippen LogP contribution in [0.1, 0.15) is 24.5 Å². The van der Waals surface area contributed by atoms with Gasteiger partial charge in [-0.1, -0.05) is 0 Å². The Morgan fingerprint density at radius 3 is 2.89 bits per heavy atom. The molecular weight excluding hydrogens is 240 g/mol. The predicted octanol–water partition coefficient (Wildman–Crippen LogP) is 0.0904. The standard InChI is InChI=1S/C13H22N6/c1-18-6-2-3-11(9-18)12-13(15-10-16-17-12)19-7-4-14-5-8-19/h10-11,14H,2-9H2,1H3. The van der Waals surface area contributed by atoms with Crippen molar-refractivity contribution in [3.63, 3.8) is 0 Å². The molecule has 0 amide bonds. The molecule has 1 atom stereocenters. The molecule has 1 aromatic rings. The van der Waals surface area contributed by atoms with Crippen molar-refractivity contribution >= 4 is 5.82 Å². The summed E-state index contributed by atoms with van der Waals surface area (Å²) in [5, 5.41) is 11.8. The van der Waals surface area contributed by atoms with Gasteiger partial charge in [-0.2, -0.15) is 0 Å². The summed E-state index contributed by atoms with van der Waals surface area (Å²) in [5.74, 6) is 1.53. The summed E-state index contributed by atoms with van der Waals surface area (Å²) in [6.45, 7) is 6.32. The van der Waals surface area contributed by atoms with Crippen LogP contribution in [-0.2, 0) is 0 Å². The fraction of sp³-hybridized carbons (Fsp3) is 0.769. The van der Waals surface area contributed by atoms with Crippen molar-refractivity contribution in [2.45, 2.75) is 18.8 Å². The molecule has 6 nitrogen and oxygen atoms in total. The maximum atomic E-state index is 4.51. The first-order chi connectivity index (χ1) is 9.34. The molecule has 2 saturated heterocycles. The Kier molecular flexibility index (Phi) is 3.89. The van der Waals surface area contributed by atoms with Gasteiger partial charge >= 0.3 is 0 Å². The predicted molar refractivity (Wildman–Crippen MR) is 74.4 cm³/mol. The Morgan fingerprint density at radius 1 is 1.26 bits per heavy atom. The number of nitrogens with zero attached hydrogens (tertiary/aromatic N) is 5. The molecule has 3 heterocycles. The smallest absolute Gasteiger partial charge is 0.154 e. The first kappa shape index (κ1) is 12.7. The van der Waals surface area contributed by atoms with Gasteiger partial charge in [0.1, 0.15) is 12.0 Å². The van der Waals surface area contributed by atoms with Gasteiger partial charge in [-0.05, 0) is 26.4 Å². The molecule has 2 aliphatic heterocycles. The van der Waals surface area contributed by atoms with Gasteiger partial charge in [0.2, 0.25) is 0 Å². The van der Waals surface area contributed by atoms with E-state index in [0.29, 0.717) is 5.92 Å². The van der Waals surface area contributed by atoms with Crippen molar-refractivity contribution in [3.8, 4) is 0 Å². The molecule has 3 rings (SSSR count). The summed E-state index contributed by atoms with van der Waals surface area (Å²) in [5.41, 5.74) is 1.09. The fourth-order valence-electron chi connectivity index (χ4n) is 3.05. The topological polar surface area (TPSA) is 57.2 Å². The lowest BCUT2D eigenvalue weighted by molar-refractivity contribution is 0.247. The van der Waals surface area contributed by atoms with Gasteiger partial charge in [-0.15, -0.1) is 10.2 Å². The van der Waals surface area contributed by atoms with Crippen LogP contribution in [0.5, 0.6) is 0 Å². The Bertz CT molecular complexity index is 417. The zero-order valence-electron chi connectivity index (χ0n) is 11.5. The minimum Gasteiger partial charge on any atom is -0.352 e. The molecule has 1 aromatic heterocycles. The normalized spacial score (nSPS) is 25.5. The van der Waals surface area contributed by atoms with Crippen LogP contribution in [0.4, 0.5) is 5.82 Å². The molecule has 1 unspecified atom stereocenters. The highest BCUT2D eigenvalue weighted by Gasteiger charge is 2.26. The highest BCUT2D eigenvalue weighted by Crippen LogP contribution is 2.30. The Hall–Kier alpha value is -1.27. The summed E-state index contributed by atoms with van der Waals surface area (Å²) >= 11 is 0. The third-order valence-corrected chi connectivity index (χ3v) is 4.05. The van der Waals surface area contributed by atoms with E-state index >= 15 is 0 Å². The molecule has 19 heavy (non-hydrogen) atoms. The van der Waals surface area contributed by atoms with Gasteiger partial charge in [-0.3, -0.25) is 0 Å². The Labute approximate surface area is 114 Å².